The number of aryl methyl sites for hydroxylation is 2. The maximum Gasteiger partial charge on any atom is 0.149 e. The van der Waals surface area contributed by atoms with Gasteiger partial charge in [-0.15, -0.1) is 11.8 Å². The molecular weight excluding hydrogens is 336 g/mol. The third-order valence-corrected chi connectivity index (χ3v) is 5.85. The van der Waals surface area contributed by atoms with Crippen LogP contribution in [0.4, 0.5) is 0 Å². The Morgan fingerprint density at radius 2 is 1.69 bits per heavy atom. The lowest BCUT2D eigenvalue weighted by Crippen LogP contribution is -2.02. The SMILES string of the molecule is O=CC1=CCSC=C1.c1ccc2c(c1)ccc1c3c(ccc12)CCCC3. The van der Waals surface area contributed by atoms with Gasteiger partial charge in [-0.1, -0.05) is 54.6 Å². The van der Waals surface area contributed by atoms with E-state index in [0.29, 0.717) is 0 Å². The average Bonchev–Trinajstić information content (AvgIpc) is 2.74. The van der Waals surface area contributed by atoms with Crippen LogP contribution in [0.25, 0.3) is 21.5 Å². The molecule has 3 aromatic carbocycles. The maximum atomic E-state index is 10.0. The van der Waals surface area contributed by atoms with E-state index in [2.05, 4.69) is 48.5 Å². The zero-order chi connectivity index (χ0) is 17.8. The second kappa shape index (κ2) is 7.92. The first-order valence-electron chi connectivity index (χ1n) is 9.22. The summed E-state index contributed by atoms with van der Waals surface area (Å²) in [7, 11) is 0. The summed E-state index contributed by atoms with van der Waals surface area (Å²) in [5, 5.41) is 7.58. The van der Waals surface area contributed by atoms with E-state index in [1.54, 1.807) is 22.9 Å². The molecule has 2 aliphatic rings. The average molecular weight is 359 g/mol. The number of rotatable bonds is 1. The minimum Gasteiger partial charge on any atom is -0.298 e. The molecule has 1 aliphatic carbocycles. The van der Waals surface area contributed by atoms with Crippen molar-refractivity contribution in [2.75, 3.05) is 5.75 Å². The Morgan fingerprint density at radius 1 is 0.846 bits per heavy atom. The highest BCUT2D eigenvalue weighted by atomic mass is 32.2. The van der Waals surface area contributed by atoms with Gasteiger partial charge in [0.1, 0.15) is 6.29 Å². The van der Waals surface area contributed by atoms with E-state index in [0.717, 1.165) is 17.6 Å². The number of carbonyl (C=O) groups excluding carboxylic acids is 1. The molecular formula is C24H22OS. The van der Waals surface area contributed by atoms with Crippen molar-refractivity contribution in [1.82, 2.24) is 0 Å². The molecule has 0 saturated carbocycles. The van der Waals surface area contributed by atoms with Crippen LogP contribution in [-0.4, -0.2) is 12.0 Å². The van der Waals surface area contributed by atoms with Gasteiger partial charge in [0.2, 0.25) is 0 Å². The van der Waals surface area contributed by atoms with Crippen molar-refractivity contribution < 1.29 is 4.79 Å². The van der Waals surface area contributed by atoms with Gasteiger partial charge < -0.3 is 0 Å². The van der Waals surface area contributed by atoms with Crippen molar-refractivity contribution >= 4 is 39.6 Å². The Kier molecular flexibility index (Phi) is 5.21. The van der Waals surface area contributed by atoms with Gasteiger partial charge >= 0.3 is 0 Å². The van der Waals surface area contributed by atoms with Crippen molar-refractivity contribution in [1.29, 1.82) is 0 Å². The van der Waals surface area contributed by atoms with Gasteiger partial charge in [0.05, 0.1) is 0 Å². The highest BCUT2D eigenvalue weighted by Crippen LogP contribution is 2.33. The van der Waals surface area contributed by atoms with Crippen LogP contribution in [0.1, 0.15) is 24.0 Å². The van der Waals surface area contributed by atoms with Crippen LogP contribution in [0.15, 0.2) is 71.7 Å². The molecule has 0 unspecified atom stereocenters. The zero-order valence-corrected chi connectivity index (χ0v) is 15.6. The van der Waals surface area contributed by atoms with Crippen LogP contribution in [0.2, 0.25) is 0 Å². The summed E-state index contributed by atoms with van der Waals surface area (Å²) in [4.78, 5) is 10.0. The molecule has 1 nitrogen and oxygen atoms in total. The Morgan fingerprint density at radius 3 is 2.50 bits per heavy atom. The Balaban J connectivity index is 0.000000178. The van der Waals surface area contributed by atoms with Gasteiger partial charge in [-0.25, -0.2) is 0 Å². The molecule has 1 aliphatic heterocycles. The highest BCUT2D eigenvalue weighted by molar-refractivity contribution is 8.02. The number of thioether (sulfide) groups is 1. The minimum atomic E-state index is 0.795. The van der Waals surface area contributed by atoms with Crippen LogP contribution in [0.3, 0.4) is 0 Å². The molecule has 0 atom stereocenters. The molecule has 0 amide bonds. The molecule has 0 fully saturated rings. The molecule has 0 radical (unpaired) electrons. The van der Waals surface area contributed by atoms with Crippen LogP contribution in [-0.2, 0) is 17.6 Å². The summed E-state index contributed by atoms with van der Waals surface area (Å²) in [5.41, 5.74) is 3.97. The normalized spacial score (nSPS) is 15.8. The number of hydrogen-bond donors (Lipinski definition) is 0. The first-order valence-corrected chi connectivity index (χ1v) is 10.3. The quantitative estimate of drug-likeness (QED) is 0.378. The summed E-state index contributed by atoms with van der Waals surface area (Å²) in [6.07, 6.45) is 9.82. The second-order valence-electron chi connectivity index (χ2n) is 6.75. The van der Waals surface area contributed by atoms with E-state index in [1.807, 2.05) is 17.6 Å². The molecule has 2 heteroatoms. The molecule has 0 saturated heterocycles. The molecule has 1 heterocycles. The van der Waals surface area contributed by atoms with Crippen molar-refractivity contribution in [3.63, 3.8) is 0 Å². The Bertz CT molecular complexity index is 1010. The van der Waals surface area contributed by atoms with Gasteiger partial charge in [-0.3, -0.25) is 4.79 Å². The van der Waals surface area contributed by atoms with E-state index in [-0.39, 0.29) is 0 Å². The minimum absolute atomic E-state index is 0.795. The van der Waals surface area contributed by atoms with E-state index in [4.69, 9.17) is 0 Å². The zero-order valence-electron chi connectivity index (χ0n) is 14.8. The molecule has 3 aromatic rings. The first-order chi connectivity index (χ1) is 12.9. The third kappa shape index (κ3) is 3.47. The third-order valence-electron chi connectivity index (χ3n) is 5.17. The molecule has 26 heavy (non-hydrogen) atoms. The standard InChI is InChI=1S/C18H16.C6H6OS/c1-3-7-15-13(5-1)9-11-18-16-8-4-2-6-14(16)10-12-17(15)18;7-5-6-1-3-8-4-2-6/h1,3,5,7,9-12H,2,4,6,8H2;1-3,5H,4H2. The highest BCUT2D eigenvalue weighted by Gasteiger charge is 2.13. The predicted molar refractivity (Wildman–Crippen MR) is 114 cm³/mol. The van der Waals surface area contributed by atoms with Crippen LogP contribution >= 0.6 is 11.8 Å². The fourth-order valence-corrected chi connectivity index (χ4v) is 4.48. The van der Waals surface area contributed by atoms with Gasteiger partial charge in [0, 0.05) is 11.3 Å². The van der Waals surface area contributed by atoms with E-state index < -0.39 is 0 Å². The second-order valence-corrected chi connectivity index (χ2v) is 7.69. The summed E-state index contributed by atoms with van der Waals surface area (Å²) in [5.74, 6) is 0.935. The molecule has 130 valence electrons. The first kappa shape index (κ1) is 17.1. The predicted octanol–water partition coefficient (Wildman–Crippen LogP) is 6.24. The van der Waals surface area contributed by atoms with Gasteiger partial charge in [-0.05, 0) is 69.8 Å². The van der Waals surface area contributed by atoms with Gasteiger partial charge in [0.25, 0.3) is 0 Å². The Labute approximate surface area is 158 Å². The van der Waals surface area contributed by atoms with Gasteiger partial charge in [0.15, 0.2) is 0 Å². The van der Waals surface area contributed by atoms with E-state index >= 15 is 0 Å². The van der Waals surface area contributed by atoms with Crippen LogP contribution in [0, 0.1) is 0 Å². The summed E-state index contributed by atoms with van der Waals surface area (Å²) >= 11 is 1.70. The lowest BCUT2D eigenvalue weighted by atomic mass is 9.86. The van der Waals surface area contributed by atoms with Crippen molar-refractivity contribution in [2.45, 2.75) is 25.7 Å². The fourth-order valence-electron chi connectivity index (χ4n) is 3.82. The molecule has 5 rings (SSSR count). The lowest BCUT2D eigenvalue weighted by molar-refractivity contribution is -0.104. The van der Waals surface area contributed by atoms with Crippen LogP contribution in [0.5, 0.6) is 0 Å². The molecule has 0 bridgehead atoms. The fraction of sp³-hybridized carbons (Fsp3) is 0.208. The topological polar surface area (TPSA) is 17.1 Å². The number of hydrogen-bond acceptors (Lipinski definition) is 2. The number of aldehydes is 1. The summed E-state index contributed by atoms with van der Waals surface area (Å²) in [6, 6.07) is 18.0. The number of benzene rings is 3. The molecule has 0 N–H and O–H groups in total. The van der Waals surface area contributed by atoms with Crippen molar-refractivity contribution in [3.8, 4) is 0 Å². The number of fused-ring (bicyclic) bond motifs is 5. The molecule has 0 aromatic heterocycles. The van der Waals surface area contributed by atoms with Crippen molar-refractivity contribution in [3.05, 3.63) is 82.8 Å². The lowest BCUT2D eigenvalue weighted by Gasteiger charge is -2.18. The monoisotopic (exact) mass is 358 g/mol. The maximum absolute atomic E-state index is 10.0. The largest absolute Gasteiger partial charge is 0.298 e. The summed E-state index contributed by atoms with van der Waals surface area (Å²) in [6.45, 7) is 0. The van der Waals surface area contributed by atoms with Crippen molar-refractivity contribution in [2.24, 2.45) is 0 Å². The van der Waals surface area contributed by atoms with E-state index in [1.165, 1.54) is 47.2 Å². The number of carbonyl (C=O) groups is 1. The van der Waals surface area contributed by atoms with Crippen LogP contribution < -0.4 is 0 Å². The number of allylic oxidation sites excluding steroid dienone is 2. The Hall–Kier alpha value is -2.32. The van der Waals surface area contributed by atoms with Gasteiger partial charge in [-0.2, -0.15) is 0 Å². The van der Waals surface area contributed by atoms with E-state index in [9.17, 15) is 4.79 Å². The summed E-state index contributed by atoms with van der Waals surface area (Å²) < 4.78 is 0. The smallest absolute Gasteiger partial charge is 0.149 e. The molecule has 0 spiro atoms.